The fourth-order valence-corrected chi connectivity index (χ4v) is 21.0. The van der Waals surface area contributed by atoms with E-state index in [1.165, 1.54) is 59.2 Å². The first kappa shape index (κ1) is 76.5. The van der Waals surface area contributed by atoms with Gasteiger partial charge >= 0.3 is 0 Å². The van der Waals surface area contributed by atoms with Crippen molar-refractivity contribution in [2.24, 2.45) is 0 Å². The summed E-state index contributed by atoms with van der Waals surface area (Å²) in [4.78, 5) is 32.8. The van der Waals surface area contributed by atoms with Crippen molar-refractivity contribution in [1.29, 1.82) is 0 Å². The Labute approximate surface area is 778 Å². The summed E-state index contributed by atoms with van der Waals surface area (Å²) in [5.74, 6) is 3.36. The zero-order chi connectivity index (χ0) is 89.2. The summed E-state index contributed by atoms with van der Waals surface area (Å²) >= 11 is 0. The molecule has 0 saturated carbocycles. The maximum atomic E-state index is 6.66. The highest BCUT2D eigenvalue weighted by Gasteiger charge is 2.26. The molecule has 0 unspecified atom stereocenters. The van der Waals surface area contributed by atoms with E-state index in [-0.39, 0.29) is 0 Å². The average molecular weight is 1730 g/mol. The summed E-state index contributed by atoms with van der Waals surface area (Å²) in [5.41, 5.74) is 25.5. The normalized spacial score (nSPS) is 12.0. The molecule has 0 saturated heterocycles. The zero-order valence-corrected chi connectivity index (χ0v) is 73.1. The fraction of sp³-hybridized carbons (Fsp3) is 0. The first-order valence-electron chi connectivity index (χ1n) is 46.1. The van der Waals surface area contributed by atoms with E-state index in [9.17, 15) is 0 Å². The number of hydrogen-bond donors (Lipinski definition) is 0. The van der Waals surface area contributed by atoms with Gasteiger partial charge in [0.2, 0.25) is 0 Å². The highest BCUT2D eigenvalue weighted by molar-refractivity contribution is 6.18. The van der Waals surface area contributed by atoms with Crippen molar-refractivity contribution < 1.29 is 8.83 Å². The van der Waals surface area contributed by atoms with Crippen molar-refractivity contribution in [2.45, 2.75) is 0 Å². The van der Waals surface area contributed by atoms with Crippen molar-refractivity contribution in [3.63, 3.8) is 0 Å². The van der Waals surface area contributed by atoms with Crippen molar-refractivity contribution in [2.75, 3.05) is 0 Å². The third kappa shape index (κ3) is 12.7. The van der Waals surface area contributed by atoms with Crippen LogP contribution in [-0.4, -0.2) is 39.0 Å². The van der Waals surface area contributed by atoms with Gasteiger partial charge in [-0.2, -0.15) is 0 Å². The molecule has 630 valence electrons. The molecule has 10 nitrogen and oxygen atoms in total. The van der Waals surface area contributed by atoms with E-state index >= 15 is 0 Å². The minimum absolute atomic E-state index is 0.546. The molecule has 0 aliphatic carbocycles. The first-order valence-corrected chi connectivity index (χ1v) is 46.1. The topological polar surface area (TPSA) is 113 Å². The van der Waals surface area contributed by atoms with E-state index in [2.05, 4.69) is 428 Å². The maximum Gasteiger partial charge on any atom is 0.164 e. The highest BCUT2D eigenvalue weighted by atomic mass is 16.3. The van der Waals surface area contributed by atoms with Crippen LogP contribution in [0.25, 0.3) is 287 Å². The minimum Gasteiger partial charge on any atom is -0.456 e. The van der Waals surface area contributed by atoms with E-state index in [0.717, 1.165) is 193 Å². The molecule has 0 N–H and O–H groups in total. The van der Waals surface area contributed by atoms with Crippen molar-refractivity contribution >= 4 is 152 Å². The number of nitrogens with zero attached hydrogens (tertiary/aromatic N) is 8. The van der Waals surface area contributed by atoms with E-state index in [0.29, 0.717) is 34.9 Å². The van der Waals surface area contributed by atoms with E-state index < -0.39 is 0 Å². The van der Waals surface area contributed by atoms with Gasteiger partial charge in [0, 0.05) is 87.6 Å². The summed E-state index contributed by atoms with van der Waals surface area (Å²) in [7, 11) is 0. The SMILES string of the molecule is c1ccc(-c2ccc(-c3nc(-c4cccc(-c5ccc(-c6ccc7c(ccc8cc(-c9nc(-c%10ccc(-n%11c%12ccccc%12c%12cc%13ccccc%13cc%12%11)c(-c%11ccc%12c(c%11)oc%11ccccc%11%12)c%10)nc(-c%10ccc%11c(ccc%12ccccc%12%11)c%10)n9)ccc87)c6)cc5)c4)nc(-c4ccc(-n5c6ccccc6c6cc7ccccc7cc65)c(-c5ccc6c(c5)oc5ccccc56)c4)n3)cc2)cc1. The zero-order valence-electron chi connectivity index (χ0n) is 73.1. The van der Waals surface area contributed by atoms with Crippen LogP contribution in [0.5, 0.6) is 0 Å². The molecule has 0 radical (unpaired) electrons. The summed E-state index contributed by atoms with van der Waals surface area (Å²) in [6.07, 6.45) is 0. The Balaban J connectivity index is 0.528. The largest absolute Gasteiger partial charge is 0.456 e. The number of rotatable bonds is 13. The number of furan rings is 2. The Morgan fingerprint density at radius 1 is 0.140 bits per heavy atom. The molecule has 28 rings (SSSR count). The second-order valence-corrected chi connectivity index (χ2v) is 35.6. The van der Waals surface area contributed by atoms with Crippen LogP contribution < -0.4 is 0 Å². The quantitative estimate of drug-likeness (QED) is 0.105. The van der Waals surface area contributed by atoms with Crippen molar-refractivity contribution in [3.05, 3.63) is 449 Å². The second kappa shape index (κ2) is 30.6. The Bertz CT molecular complexity index is 9900. The minimum atomic E-state index is 0.546. The van der Waals surface area contributed by atoms with Gasteiger partial charge in [-0.15, -0.1) is 0 Å². The number of para-hydroxylation sites is 4. The van der Waals surface area contributed by atoms with Crippen LogP contribution in [-0.2, 0) is 0 Å². The van der Waals surface area contributed by atoms with Crippen LogP contribution in [0, 0.1) is 0 Å². The van der Waals surface area contributed by atoms with Gasteiger partial charge in [-0.3, -0.25) is 0 Å². The average Bonchev–Trinajstić information content (AvgIpc) is 1.57. The molecule has 22 aromatic carbocycles. The Kier molecular flexibility index (Phi) is 17.2. The summed E-state index contributed by atoms with van der Waals surface area (Å²) in [6.45, 7) is 0. The van der Waals surface area contributed by atoms with Crippen LogP contribution in [0.2, 0.25) is 0 Å². The lowest BCUT2D eigenvalue weighted by molar-refractivity contribution is 0.668. The van der Waals surface area contributed by atoms with Crippen molar-refractivity contribution in [3.8, 4) is 135 Å². The highest BCUT2D eigenvalue weighted by Crippen LogP contribution is 2.47. The molecule has 0 atom stereocenters. The fourth-order valence-electron chi connectivity index (χ4n) is 21.0. The Morgan fingerprint density at radius 2 is 0.434 bits per heavy atom. The third-order valence-corrected chi connectivity index (χ3v) is 27.7. The number of fused-ring (bicyclic) bond motifs is 20. The van der Waals surface area contributed by atoms with Gasteiger partial charge in [-0.1, -0.05) is 315 Å². The van der Waals surface area contributed by atoms with Gasteiger partial charge in [0.25, 0.3) is 0 Å². The summed E-state index contributed by atoms with van der Waals surface area (Å²) < 4.78 is 18.2. The van der Waals surface area contributed by atoms with E-state index in [1.54, 1.807) is 0 Å². The molecule has 6 heterocycles. The summed E-state index contributed by atoms with van der Waals surface area (Å²) in [5, 5.41) is 22.9. The van der Waals surface area contributed by atoms with Crippen LogP contribution in [0.4, 0.5) is 0 Å². The van der Waals surface area contributed by atoms with E-state index in [4.69, 9.17) is 38.7 Å². The van der Waals surface area contributed by atoms with Crippen LogP contribution in [0.3, 0.4) is 0 Å². The molecule has 0 fully saturated rings. The molecule has 0 aliphatic rings. The van der Waals surface area contributed by atoms with Crippen LogP contribution in [0.1, 0.15) is 0 Å². The molecular weight excluding hydrogens is 1660 g/mol. The third-order valence-electron chi connectivity index (χ3n) is 27.7. The summed E-state index contributed by atoms with van der Waals surface area (Å²) in [6, 6.07) is 161. The standard InChI is InChI=1S/C126H74N8O2/c1-2-19-75(20-3-1)76-41-44-80(45-42-76)121-127-122(129-125(128-121)95-54-61-113(107(69-95)90-50-59-105-103-31-12-16-35-117(103)135-119(105)73-90)133-111-33-14-10-29-101(111)109-67-82-22-4-6-24-84(82)71-115(109)133)92-27-18-26-81(64-92)77-37-39-78(40-38-77)86-49-56-99-87(63-86)47-48-89-66-94(53-58-100(89)99)124-130-123(93-52-57-98-88(65-93)46-43-79-21-8-9-28-97(79)98)131-126(132-124)96-55-62-114(108(70-96)91-51-60-106-104-32-13-17-36-118(104)136-120(106)74-91)134-112-34-15-11-30-102(112)110-68-83-23-5-7-25-85(83)72-116(110)134/h1-74H. The monoisotopic (exact) mass is 1730 g/mol. The van der Waals surface area contributed by atoms with Gasteiger partial charge < -0.3 is 18.0 Å². The van der Waals surface area contributed by atoms with Gasteiger partial charge in [-0.05, 0) is 243 Å². The number of hydrogen-bond acceptors (Lipinski definition) is 8. The van der Waals surface area contributed by atoms with Gasteiger partial charge in [0.05, 0.1) is 33.4 Å². The maximum absolute atomic E-state index is 6.66. The van der Waals surface area contributed by atoms with Gasteiger partial charge in [-0.25, -0.2) is 29.9 Å². The Hall–Kier alpha value is -18.4. The number of benzene rings is 22. The number of aromatic nitrogens is 8. The molecule has 28 aromatic rings. The predicted molar refractivity (Wildman–Crippen MR) is 561 cm³/mol. The predicted octanol–water partition coefficient (Wildman–Crippen LogP) is 33.3. The first-order chi connectivity index (χ1) is 67.3. The lowest BCUT2D eigenvalue weighted by Crippen LogP contribution is -2.02. The lowest BCUT2D eigenvalue weighted by atomic mass is 9.95. The molecule has 0 aliphatic heterocycles. The lowest BCUT2D eigenvalue weighted by Gasteiger charge is -2.16. The molecule has 0 bridgehead atoms. The molecule has 136 heavy (non-hydrogen) atoms. The molecule has 0 spiro atoms. The van der Waals surface area contributed by atoms with Crippen LogP contribution in [0.15, 0.2) is 458 Å². The molecular formula is C126H74N8O2. The molecule has 0 amide bonds. The van der Waals surface area contributed by atoms with Crippen LogP contribution >= 0.6 is 0 Å². The van der Waals surface area contributed by atoms with Gasteiger partial charge in [0.15, 0.2) is 34.9 Å². The molecule has 6 aromatic heterocycles. The Morgan fingerprint density at radius 3 is 0.919 bits per heavy atom. The molecule has 10 heteroatoms. The van der Waals surface area contributed by atoms with Crippen molar-refractivity contribution in [1.82, 2.24) is 39.0 Å². The second-order valence-electron chi connectivity index (χ2n) is 35.6. The smallest absolute Gasteiger partial charge is 0.164 e. The van der Waals surface area contributed by atoms with E-state index in [1.807, 2.05) is 30.3 Å². The van der Waals surface area contributed by atoms with Gasteiger partial charge in [0.1, 0.15) is 22.3 Å².